The van der Waals surface area contributed by atoms with Gasteiger partial charge in [-0.3, -0.25) is 0 Å². The molecule has 1 fully saturated rings. The van der Waals surface area contributed by atoms with Crippen molar-refractivity contribution in [2.24, 2.45) is 5.92 Å². The largest absolute Gasteiger partial charge is 0.378 e. The van der Waals surface area contributed by atoms with Crippen LogP contribution >= 0.6 is 11.6 Å². The van der Waals surface area contributed by atoms with Crippen LogP contribution in [0.5, 0.6) is 0 Å². The molecule has 3 heteroatoms. The molecule has 2 nitrogen and oxygen atoms in total. The van der Waals surface area contributed by atoms with Gasteiger partial charge in [-0.1, -0.05) is 41.9 Å². The molecule has 0 saturated carbocycles. The summed E-state index contributed by atoms with van der Waals surface area (Å²) in [6.45, 7) is 1.09. The Labute approximate surface area is 124 Å². The number of fused-ring (bicyclic) bond motifs is 3. The Balaban J connectivity index is 1.76. The van der Waals surface area contributed by atoms with Crippen LogP contribution in [0.15, 0.2) is 48.5 Å². The Morgan fingerprint density at radius 1 is 0.950 bits per heavy atom. The van der Waals surface area contributed by atoms with Gasteiger partial charge in [0.05, 0.1) is 6.04 Å². The van der Waals surface area contributed by atoms with Gasteiger partial charge in [0.1, 0.15) is 0 Å². The molecule has 2 aliphatic rings. The van der Waals surface area contributed by atoms with Crippen LogP contribution in [0.2, 0.25) is 5.02 Å². The number of nitrogens with one attached hydrogen (secondary N) is 2. The molecule has 4 rings (SSSR count). The molecule has 3 atom stereocenters. The van der Waals surface area contributed by atoms with Crippen molar-refractivity contribution in [2.75, 3.05) is 11.9 Å². The SMILES string of the molecule is Clc1ccc([C@H]2Nc3ccccc3[C@H]3NCC[C@@H]23)cc1. The molecule has 102 valence electrons. The Kier molecular flexibility index (Phi) is 2.94. The zero-order valence-corrected chi connectivity index (χ0v) is 11.9. The molecule has 2 aliphatic heterocycles. The molecule has 2 aromatic carbocycles. The van der Waals surface area contributed by atoms with Crippen molar-refractivity contribution in [1.29, 1.82) is 0 Å². The van der Waals surface area contributed by atoms with E-state index in [9.17, 15) is 0 Å². The standard InChI is InChI=1S/C17H17ClN2/c18-12-7-5-11(6-8-12)16-14-9-10-19-17(14)13-3-1-2-4-15(13)20-16/h1-8,14,16-17,19-20H,9-10H2/t14-,16+,17+/m0/s1. The minimum Gasteiger partial charge on any atom is -0.378 e. The van der Waals surface area contributed by atoms with Crippen molar-refractivity contribution in [1.82, 2.24) is 5.32 Å². The molecule has 1 saturated heterocycles. The van der Waals surface area contributed by atoms with Gasteiger partial charge < -0.3 is 10.6 Å². The van der Waals surface area contributed by atoms with E-state index in [0.717, 1.165) is 11.6 Å². The van der Waals surface area contributed by atoms with Crippen LogP contribution in [0, 0.1) is 5.92 Å². The third kappa shape index (κ3) is 1.91. The molecular formula is C17H17ClN2. The first kappa shape index (κ1) is 12.2. The summed E-state index contributed by atoms with van der Waals surface area (Å²) < 4.78 is 0. The van der Waals surface area contributed by atoms with Gasteiger partial charge in [-0.25, -0.2) is 0 Å². The van der Waals surface area contributed by atoms with E-state index in [1.54, 1.807) is 0 Å². The predicted molar refractivity (Wildman–Crippen MR) is 83.1 cm³/mol. The van der Waals surface area contributed by atoms with E-state index in [1.165, 1.54) is 23.2 Å². The lowest BCUT2D eigenvalue weighted by Gasteiger charge is -2.37. The first-order valence-electron chi connectivity index (χ1n) is 7.17. The zero-order valence-electron chi connectivity index (χ0n) is 11.1. The molecule has 2 N–H and O–H groups in total. The number of benzene rings is 2. The average Bonchev–Trinajstić information content (AvgIpc) is 2.97. The number of anilines is 1. The number of para-hydroxylation sites is 1. The van der Waals surface area contributed by atoms with Gasteiger partial charge in [0.2, 0.25) is 0 Å². The summed E-state index contributed by atoms with van der Waals surface area (Å²) in [6.07, 6.45) is 1.21. The molecule has 0 aliphatic carbocycles. The van der Waals surface area contributed by atoms with E-state index in [0.29, 0.717) is 18.0 Å². The minimum atomic E-state index is 0.363. The number of hydrogen-bond donors (Lipinski definition) is 2. The first-order chi connectivity index (χ1) is 9.83. The number of rotatable bonds is 1. The Bertz CT molecular complexity index is 623. The lowest BCUT2D eigenvalue weighted by atomic mass is 9.80. The van der Waals surface area contributed by atoms with Gasteiger partial charge in [-0.2, -0.15) is 0 Å². The van der Waals surface area contributed by atoms with Crippen molar-refractivity contribution >= 4 is 17.3 Å². The molecule has 0 aromatic heterocycles. The van der Waals surface area contributed by atoms with E-state index >= 15 is 0 Å². The fourth-order valence-corrected chi connectivity index (χ4v) is 3.72. The van der Waals surface area contributed by atoms with Crippen LogP contribution in [-0.4, -0.2) is 6.54 Å². The smallest absolute Gasteiger partial charge is 0.0560 e. The fraction of sp³-hybridized carbons (Fsp3) is 0.294. The summed E-state index contributed by atoms with van der Waals surface area (Å²) in [6, 6.07) is 17.7. The van der Waals surface area contributed by atoms with Crippen molar-refractivity contribution in [3.05, 3.63) is 64.7 Å². The quantitative estimate of drug-likeness (QED) is 0.822. The highest BCUT2D eigenvalue weighted by Crippen LogP contribution is 2.46. The maximum absolute atomic E-state index is 6.01. The van der Waals surface area contributed by atoms with Crippen LogP contribution in [0.4, 0.5) is 5.69 Å². The highest BCUT2D eigenvalue weighted by atomic mass is 35.5. The molecule has 2 heterocycles. The summed E-state index contributed by atoms with van der Waals surface area (Å²) in [7, 11) is 0. The maximum Gasteiger partial charge on any atom is 0.0560 e. The normalized spacial score (nSPS) is 27.6. The van der Waals surface area contributed by atoms with Gasteiger partial charge >= 0.3 is 0 Å². The summed E-state index contributed by atoms with van der Waals surface area (Å²) in [5, 5.41) is 8.18. The second-order valence-corrected chi connectivity index (χ2v) is 6.08. The third-order valence-electron chi connectivity index (χ3n) is 4.53. The summed E-state index contributed by atoms with van der Waals surface area (Å²) in [5.41, 5.74) is 3.98. The molecule has 0 spiro atoms. The van der Waals surface area contributed by atoms with Crippen molar-refractivity contribution in [2.45, 2.75) is 18.5 Å². The first-order valence-corrected chi connectivity index (χ1v) is 7.55. The van der Waals surface area contributed by atoms with E-state index < -0.39 is 0 Å². The molecule has 0 unspecified atom stereocenters. The van der Waals surface area contributed by atoms with Gasteiger partial charge in [0, 0.05) is 22.7 Å². The second kappa shape index (κ2) is 4.80. The van der Waals surface area contributed by atoms with E-state index in [1.807, 2.05) is 12.1 Å². The second-order valence-electron chi connectivity index (χ2n) is 5.65. The van der Waals surface area contributed by atoms with Crippen LogP contribution in [-0.2, 0) is 0 Å². The van der Waals surface area contributed by atoms with Crippen LogP contribution in [0.3, 0.4) is 0 Å². The molecule has 2 aromatic rings. The zero-order chi connectivity index (χ0) is 13.5. The lowest BCUT2D eigenvalue weighted by molar-refractivity contribution is 0.391. The Morgan fingerprint density at radius 2 is 1.75 bits per heavy atom. The Hall–Kier alpha value is -1.51. The summed E-state index contributed by atoms with van der Waals surface area (Å²) >= 11 is 6.01. The van der Waals surface area contributed by atoms with E-state index in [4.69, 9.17) is 11.6 Å². The average molecular weight is 285 g/mol. The van der Waals surface area contributed by atoms with Gasteiger partial charge in [0.25, 0.3) is 0 Å². The minimum absolute atomic E-state index is 0.363. The monoisotopic (exact) mass is 284 g/mol. The topological polar surface area (TPSA) is 24.1 Å². The van der Waals surface area contributed by atoms with E-state index in [2.05, 4.69) is 47.0 Å². The lowest BCUT2D eigenvalue weighted by Crippen LogP contribution is -2.32. The molecular weight excluding hydrogens is 268 g/mol. The maximum atomic E-state index is 6.01. The molecule has 0 amide bonds. The summed E-state index contributed by atoms with van der Waals surface area (Å²) in [5.74, 6) is 0.603. The van der Waals surface area contributed by atoms with Crippen molar-refractivity contribution in [3.63, 3.8) is 0 Å². The summed E-state index contributed by atoms with van der Waals surface area (Å²) in [4.78, 5) is 0. The van der Waals surface area contributed by atoms with E-state index in [-0.39, 0.29) is 0 Å². The molecule has 0 bridgehead atoms. The van der Waals surface area contributed by atoms with Crippen LogP contribution in [0.25, 0.3) is 0 Å². The van der Waals surface area contributed by atoms with Crippen molar-refractivity contribution < 1.29 is 0 Å². The number of hydrogen-bond acceptors (Lipinski definition) is 2. The molecule has 0 radical (unpaired) electrons. The number of halogens is 1. The van der Waals surface area contributed by atoms with Gasteiger partial charge in [-0.05, 0) is 42.3 Å². The van der Waals surface area contributed by atoms with Crippen LogP contribution < -0.4 is 10.6 Å². The molecule has 20 heavy (non-hydrogen) atoms. The highest BCUT2D eigenvalue weighted by Gasteiger charge is 2.39. The highest BCUT2D eigenvalue weighted by molar-refractivity contribution is 6.30. The van der Waals surface area contributed by atoms with Gasteiger partial charge in [0.15, 0.2) is 0 Å². The van der Waals surface area contributed by atoms with Gasteiger partial charge in [-0.15, -0.1) is 0 Å². The van der Waals surface area contributed by atoms with Crippen LogP contribution in [0.1, 0.15) is 29.6 Å². The third-order valence-corrected chi connectivity index (χ3v) is 4.79. The predicted octanol–water partition coefficient (Wildman–Crippen LogP) is 4.16. The fourth-order valence-electron chi connectivity index (χ4n) is 3.60. The van der Waals surface area contributed by atoms with Crippen molar-refractivity contribution in [3.8, 4) is 0 Å². The Morgan fingerprint density at radius 3 is 2.60 bits per heavy atom.